The van der Waals surface area contributed by atoms with Crippen LogP contribution in [0.4, 0.5) is 0 Å². The van der Waals surface area contributed by atoms with Crippen molar-refractivity contribution in [2.45, 2.75) is 53.6 Å². The lowest BCUT2D eigenvalue weighted by atomic mass is 9.87. The standard InChI is InChI=1S/C11H23NO2/c1-7(10(13)14)8(2)12-9(3)11(4,5)6/h7-9,12H,1-6H3,(H,13,14). The highest BCUT2D eigenvalue weighted by molar-refractivity contribution is 5.70. The van der Waals surface area contributed by atoms with Crippen molar-refractivity contribution in [3.05, 3.63) is 0 Å². The lowest BCUT2D eigenvalue weighted by Crippen LogP contribution is -2.46. The van der Waals surface area contributed by atoms with Crippen LogP contribution in [0, 0.1) is 11.3 Å². The average Bonchev–Trinajstić information content (AvgIpc) is 2.00. The number of hydrogen-bond acceptors (Lipinski definition) is 2. The molecular weight excluding hydrogens is 178 g/mol. The molecule has 2 N–H and O–H groups in total. The lowest BCUT2D eigenvalue weighted by molar-refractivity contribution is -0.142. The summed E-state index contributed by atoms with van der Waals surface area (Å²) in [6, 6.07) is 0.307. The van der Waals surface area contributed by atoms with E-state index in [0.29, 0.717) is 6.04 Å². The first-order chi connectivity index (χ1) is 6.16. The van der Waals surface area contributed by atoms with E-state index >= 15 is 0 Å². The zero-order valence-electron chi connectivity index (χ0n) is 10.1. The van der Waals surface area contributed by atoms with Gasteiger partial charge in [-0.1, -0.05) is 27.7 Å². The van der Waals surface area contributed by atoms with Crippen LogP contribution in [0.15, 0.2) is 0 Å². The molecule has 0 aromatic rings. The zero-order chi connectivity index (χ0) is 11.5. The lowest BCUT2D eigenvalue weighted by Gasteiger charge is -2.32. The van der Waals surface area contributed by atoms with Crippen molar-refractivity contribution in [2.75, 3.05) is 0 Å². The summed E-state index contributed by atoms with van der Waals surface area (Å²) >= 11 is 0. The van der Waals surface area contributed by atoms with Crippen molar-refractivity contribution in [1.29, 1.82) is 0 Å². The Morgan fingerprint density at radius 1 is 1.21 bits per heavy atom. The Kier molecular flexibility index (Phi) is 4.59. The van der Waals surface area contributed by atoms with Gasteiger partial charge in [0.05, 0.1) is 5.92 Å². The van der Waals surface area contributed by atoms with E-state index in [9.17, 15) is 4.79 Å². The summed E-state index contributed by atoms with van der Waals surface area (Å²) < 4.78 is 0. The summed E-state index contributed by atoms with van der Waals surface area (Å²) in [4.78, 5) is 10.7. The fourth-order valence-corrected chi connectivity index (χ4v) is 1.00. The molecule has 0 aliphatic rings. The van der Waals surface area contributed by atoms with E-state index < -0.39 is 5.97 Å². The molecule has 0 amide bonds. The first-order valence-electron chi connectivity index (χ1n) is 5.15. The van der Waals surface area contributed by atoms with E-state index in [2.05, 4.69) is 33.0 Å². The molecule has 0 saturated heterocycles. The highest BCUT2D eigenvalue weighted by atomic mass is 16.4. The minimum Gasteiger partial charge on any atom is -0.481 e. The van der Waals surface area contributed by atoms with Gasteiger partial charge in [-0.25, -0.2) is 0 Å². The summed E-state index contributed by atoms with van der Waals surface area (Å²) in [7, 11) is 0. The van der Waals surface area contributed by atoms with Crippen LogP contribution in [0.25, 0.3) is 0 Å². The summed E-state index contributed by atoms with van der Waals surface area (Å²) in [6.07, 6.45) is 0. The van der Waals surface area contributed by atoms with Gasteiger partial charge in [0.1, 0.15) is 0 Å². The number of rotatable bonds is 4. The highest BCUT2D eigenvalue weighted by Crippen LogP contribution is 2.19. The maximum absolute atomic E-state index is 10.7. The predicted octanol–water partition coefficient (Wildman–Crippen LogP) is 2.12. The first kappa shape index (κ1) is 13.4. The van der Waals surface area contributed by atoms with Crippen molar-refractivity contribution in [3.8, 4) is 0 Å². The highest BCUT2D eigenvalue weighted by Gasteiger charge is 2.25. The predicted molar refractivity (Wildman–Crippen MR) is 58.3 cm³/mol. The van der Waals surface area contributed by atoms with E-state index in [1.807, 2.05) is 6.92 Å². The zero-order valence-corrected chi connectivity index (χ0v) is 10.1. The molecule has 0 spiro atoms. The number of aliphatic carboxylic acids is 1. The van der Waals surface area contributed by atoms with Crippen LogP contribution in [0.1, 0.15) is 41.5 Å². The number of carbonyl (C=O) groups is 1. The Labute approximate surface area is 86.9 Å². The summed E-state index contributed by atoms with van der Waals surface area (Å²) in [5, 5.41) is 12.1. The molecule has 0 saturated carbocycles. The third kappa shape index (κ3) is 4.09. The molecule has 0 rings (SSSR count). The Balaban J connectivity index is 4.19. The van der Waals surface area contributed by atoms with Gasteiger partial charge in [-0.3, -0.25) is 4.79 Å². The van der Waals surface area contributed by atoms with E-state index in [1.165, 1.54) is 0 Å². The summed E-state index contributed by atoms with van der Waals surface area (Å²) in [6.45, 7) is 12.2. The van der Waals surface area contributed by atoms with Crippen molar-refractivity contribution in [1.82, 2.24) is 5.32 Å². The Morgan fingerprint density at radius 2 is 1.64 bits per heavy atom. The fourth-order valence-electron chi connectivity index (χ4n) is 1.00. The van der Waals surface area contributed by atoms with Crippen molar-refractivity contribution in [2.24, 2.45) is 11.3 Å². The summed E-state index contributed by atoms with van der Waals surface area (Å²) in [5.41, 5.74) is 0.159. The molecule has 3 unspecified atom stereocenters. The second-order valence-electron chi connectivity index (χ2n) is 5.17. The molecule has 0 heterocycles. The number of carboxylic acid groups (broad SMARTS) is 1. The van der Waals surface area contributed by atoms with Crippen LogP contribution in [0.2, 0.25) is 0 Å². The Bertz CT molecular complexity index is 196. The van der Waals surface area contributed by atoms with Crippen LogP contribution in [0.5, 0.6) is 0 Å². The number of carboxylic acids is 1. The minimum absolute atomic E-state index is 0.00160. The molecular formula is C11H23NO2. The summed E-state index contributed by atoms with van der Waals surface area (Å²) in [5.74, 6) is -1.09. The topological polar surface area (TPSA) is 49.3 Å². The second-order valence-corrected chi connectivity index (χ2v) is 5.17. The second kappa shape index (κ2) is 4.78. The van der Waals surface area contributed by atoms with Gasteiger partial charge >= 0.3 is 5.97 Å². The van der Waals surface area contributed by atoms with Crippen molar-refractivity contribution >= 4 is 5.97 Å². The van der Waals surface area contributed by atoms with Crippen LogP contribution < -0.4 is 5.32 Å². The van der Waals surface area contributed by atoms with Gasteiger partial charge in [-0.05, 0) is 19.3 Å². The maximum atomic E-state index is 10.7. The molecule has 14 heavy (non-hydrogen) atoms. The quantitative estimate of drug-likeness (QED) is 0.732. The number of nitrogens with one attached hydrogen (secondary N) is 1. The molecule has 3 atom stereocenters. The molecule has 0 radical (unpaired) electrons. The van der Waals surface area contributed by atoms with Crippen molar-refractivity contribution in [3.63, 3.8) is 0 Å². The molecule has 0 aromatic carbocycles. The van der Waals surface area contributed by atoms with Gasteiger partial charge in [-0.2, -0.15) is 0 Å². The van der Waals surface area contributed by atoms with E-state index in [4.69, 9.17) is 5.11 Å². The largest absolute Gasteiger partial charge is 0.481 e. The van der Waals surface area contributed by atoms with Gasteiger partial charge in [-0.15, -0.1) is 0 Å². The smallest absolute Gasteiger partial charge is 0.307 e. The van der Waals surface area contributed by atoms with Crippen molar-refractivity contribution < 1.29 is 9.90 Å². The average molecular weight is 201 g/mol. The molecule has 84 valence electrons. The van der Waals surface area contributed by atoms with Gasteiger partial charge < -0.3 is 10.4 Å². The normalized spacial score (nSPS) is 18.7. The van der Waals surface area contributed by atoms with E-state index in [0.717, 1.165) is 0 Å². The van der Waals surface area contributed by atoms with E-state index in [1.54, 1.807) is 6.92 Å². The van der Waals surface area contributed by atoms with Gasteiger partial charge in [0, 0.05) is 12.1 Å². The molecule has 0 aromatic heterocycles. The fraction of sp³-hybridized carbons (Fsp3) is 0.909. The molecule has 0 fully saturated rings. The third-order valence-corrected chi connectivity index (χ3v) is 2.95. The van der Waals surface area contributed by atoms with Gasteiger partial charge in [0.25, 0.3) is 0 Å². The molecule has 0 aliphatic heterocycles. The van der Waals surface area contributed by atoms with Gasteiger partial charge in [0.2, 0.25) is 0 Å². The monoisotopic (exact) mass is 201 g/mol. The third-order valence-electron chi connectivity index (χ3n) is 2.95. The Morgan fingerprint density at radius 3 is 1.93 bits per heavy atom. The molecule has 0 bridgehead atoms. The van der Waals surface area contributed by atoms with Crippen LogP contribution in [-0.2, 0) is 4.79 Å². The Hall–Kier alpha value is -0.570. The minimum atomic E-state index is -0.744. The molecule has 0 aliphatic carbocycles. The molecule has 3 nitrogen and oxygen atoms in total. The van der Waals surface area contributed by atoms with E-state index in [-0.39, 0.29) is 17.4 Å². The molecule has 3 heteroatoms. The van der Waals surface area contributed by atoms with Crippen LogP contribution in [-0.4, -0.2) is 23.2 Å². The van der Waals surface area contributed by atoms with Crippen LogP contribution in [0.3, 0.4) is 0 Å². The first-order valence-corrected chi connectivity index (χ1v) is 5.15. The van der Waals surface area contributed by atoms with Crippen LogP contribution >= 0.6 is 0 Å². The SMILES string of the molecule is CC(NC(C)C(C)(C)C)C(C)C(=O)O. The maximum Gasteiger partial charge on any atom is 0.307 e. The number of hydrogen-bond donors (Lipinski definition) is 2. The van der Waals surface area contributed by atoms with Gasteiger partial charge in [0.15, 0.2) is 0 Å².